The highest BCUT2D eigenvalue weighted by molar-refractivity contribution is 5.85. The fraction of sp³-hybridized carbons (Fsp3) is 0.833. The maximum absolute atomic E-state index is 8.84. The number of nitrogens with zero attached hydrogens (tertiary/aromatic N) is 1. The Kier molecular flexibility index (Phi) is 4.26. The normalized spacial score (nSPS) is 15.8. The third-order valence-corrected chi connectivity index (χ3v) is 1.07. The summed E-state index contributed by atoms with van der Waals surface area (Å²) in [6.07, 6.45) is -0.489. The molecule has 3 heteroatoms. The number of aliphatic hydroxyl groups is 2. The molecule has 0 radical (unpaired) electrons. The van der Waals surface area contributed by atoms with E-state index in [1.807, 2.05) is 0 Å². The average Bonchev–Trinajstić information content (AvgIpc) is 1.82. The smallest absolute Gasteiger partial charge is 0.0885 e. The first-order chi connectivity index (χ1) is 4.18. The van der Waals surface area contributed by atoms with Gasteiger partial charge in [0.05, 0.1) is 19.3 Å². The Hall–Kier alpha value is -0.410. The van der Waals surface area contributed by atoms with E-state index < -0.39 is 6.10 Å². The molecule has 0 aromatic carbocycles. The second kappa shape index (κ2) is 4.47. The van der Waals surface area contributed by atoms with Gasteiger partial charge in [0.2, 0.25) is 0 Å². The molecule has 0 aromatic rings. The zero-order valence-electron chi connectivity index (χ0n) is 5.83. The van der Waals surface area contributed by atoms with E-state index in [1.54, 1.807) is 13.8 Å². The maximum atomic E-state index is 8.84. The third-order valence-electron chi connectivity index (χ3n) is 1.07. The van der Waals surface area contributed by atoms with Crippen molar-refractivity contribution in [2.45, 2.75) is 20.0 Å². The lowest BCUT2D eigenvalue weighted by molar-refractivity contribution is 0.260. The maximum Gasteiger partial charge on any atom is 0.0885 e. The number of aliphatic hydroxyl groups excluding tert-OH is 2. The van der Waals surface area contributed by atoms with E-state index in [0.29, 0.717) is 12.3 Å². The van der Waals surface area contributed by atoms with E-state index in [4.69, 9.17) is 10.2 Å². The van der Waals surface area contributed by atoms with Crippen LogP contribution in [0.15, 0.2) is 4.99 Å². The van der Waals surface area contributed by atoms with Crippen LogP contribution in [0.4, 0.5) is 0 Å². The number of rotatable bonds is 3. The minimum atomic E-state index is -0.489. The van der Waals surface area contributed by atoms with Crippen LogP contribution in [-0.4, -0.2) is 35.2 Å². The molecule has 0 saturated carbocycles. The summed E-state index contributed by atoms with van der Waals surface area (Å²) >= 11 is 0. The minimum Gasteiger partial charge on any atom is -0.394 e. The van der Waals surface area contributed by atoms with Gasteiger partial charge in [0.25, 0.3) is 0 Å². The van der Waals surface area contributed by atoms with Crippen LogP contribution in [0.3, 0.4) is 0 Å². The van der Waals surface area contributed by atoms with Gasteiger partial charge in [-0.1, -0.05) is 0 Å². The molecule has 2 N–H and O–H groups in total. The van der Waals surface area contributed by atoms with Crippen LogP contribution in [0.5, 0.6) is 0 Å². The van der Waals surface area contributed by atoms with E-state index in [1.165, 1.54) is 0 Å². The molecule has 54 valence electrons. The van der Waals surface area contributed by atoms with Crippen molar-refractivity contribution < 1.29 is 10.2 Å². The number of hydrogen-bond donors (Lipinski definition) is 2. The Morgan fingerprint density at radius 3 is 2.56 bits per heavy atom. The zero-order chi connectivity index (χ0) is 7.28. The molecular weight excluding hydrogens is 118 g/mol. The molecule has 0 fully saturated rings. The standard InChI is InChI=1S/C6H13NO2/c1-5(6(2)9)7-3-4-8/h6,8-9H,3-4H2,1-2H3/b7-5+. The monoisotopic (exact) mass is 131 g/mol. The average molecular weight is 131 g/mol. The Labute approximate surface area is 55.0 Å². The van der Waals surface area contributed by atoms with Crippen LogP contribution in [-0.2, 0) is 0 Å². The van der Waals surface area contributed by atoms with Crippen LogP contribution in [0, 0.1) is 0 Å². The quantitative estimate of drug-likeness (QED) is 0.522. The fourth-order valence-electron chi connectivity index (χ4n) is 0.358. The topological polar surface area (TPSA) is 52.8 Å². The molecule has 3 nitrogen and oxygen atoms in total. The first-order valence-electron chi connectivity index (χ1n) is 2.98. The molecule has 0 spiro atoms. The van der Waals surface area contributed by atoms with Gasteiger partial charge in [-0.25, -0.2) is 0 Å². The molecule has 0 aliphatic carbocycles. The lowest BCUT2D eigenvalue weighted by Crippen LogP contribution is -2.13. The molecule has 0 bridgehead atoms. The number of aliphatic imine (C=N–C) groups is 1. The van der Waals surface area contributed by atoms with Gasteiger partial charge in [-0.2, -0.15) is 0 Å². The lowest BCUT2D eigenvalue weighted by Gasteiger charge is -2.00. The van der Waals surface area contributed by atoms with Gasteiger partial charge in [0.15, 0.2) is 0 Å². The second-order valence-corrected chi connectivity index (χ2v) is 1.92. The Balaban J connectivity index is 3.55. The predicted octanol–water partition coefficient (Wildman–Crippen LogP) is -0.180. The Morgan fingerprint density at radius 2 is 2.22 bits per heavy atom. The van der Waals surface area contributed by atoms with Crippen LogP contribution in [0.1, 0.15) is 13.8 Å². The SMILES string of the molecule is C/C(=N\CCO)C(C)O. The first-order valence-corrected chi connectivity index (χ1v) is 2.98. The van der Waals surface area contributed by atoms with Crippen molar-refractivity contribution in [3.63, 3.8) is 0 Å². The lowest BCUT2D eigenvalue weighted by atomic mass is 10.3. The van der Waals surface area contributed by atoms with E-state index >= 15 is 0 Å². The van der Waals surface area contributed by atoms with Gasteiger partial charge in [0.1, 0.15) is 0 Å². The van der Waals surface area contributed by atoms with Crippen molar-refractivity contribution in [3.8, 4) is 0 Å². The Morgan fingerprint density at radius 1 is 1.67 bits per heavy atom. The summed E-state index contributed by atoms with van der Waals surface area (Å²) in [5.41, 5.74) is 0.670. The summed E-state index contributed by atoms with van der Waals surface area (Å²) in [6, 6.07) is 0. The van der Waals surface area contributed by atoms with Gasteiger partial charge in [0, 0.05) is 5.71 Å². The summed E-state index contributed by atoms with van der Waals surface area (Å²) in [4.78, 5) is 3.86. The van der Waals surface area contributed by atoms with Crippen molar-refractivity contribution in [2.75, 3.05) is 13.2 Å². The van der Waals surface area contributed by atoms with E-state index in [9.17, 15) is 0 Å². The summed E-state index contributed by atoms with van der Waals surface area (Å²) < 4.78 is 0. The number of hydrogen-bond acceptors (Lipinski definition) is 3. The van der Waals surface area contributed by atoms with Crippen LogP contribution < -0.4 is 0 Å². The summed E-state index contributed by atoms with van der Waals surface area (Å²) in [5.74, 6) is 0. The molecule has 1 unspecified atom stereocenters. The van der Waals surface area contributed by atoms with Crippen LogP contribution in [0.2, 0.25) is 0 Å². The second-order valence-electron chi connectivity index (χ2n) is 1.92. The highest BCUT2D eigenvalue weighted by Crippen LogP contribution is 1.85. The molecule has 1 atom stereocenters. The van der Waals surface area contributed by atoms with E-state index in [0.717, 1.165) is 0 Å². The molecule has 0 saturated heterocycles. The van der Waals surface area contributed by atoms with E-state index in [2.05, 4.69) is 4.99 Å². The summed E-state index contributed by atoms with van der Waals surface area (Å²) in [7, 11) is 0. The predicted molar refractivity (Wildman–Crippen MR) is 36.7 cm³/mol. The molecule has 0 amide bonds. The molecule has 0 rings (SSSR count). The van der Waals surface area contributed by atoms with Gasteiger partial charge in [-0.15, -0.1) is 0 Å². The van der Waals surface area contributed by atoms with Crippen molar-refractivity contribution in [1.29, 1.82) is 0 Å². The Bertz CT molecular complexity index is 99.2. The largest absolute Gasteiger partial charge is 0.394 e. The van der Waals surface area contributed by atoms with Gasteiger partial charge in [-0.05, 0) is 13.8 Å². The van der Waals surface area contributed by atoms with Gasteiger partial charge in [-0.3, -0.25) is 4.99 Å². The molecule has 0 aliphatic rings. The highest BCUT2D eigenvalue weighted by Gasteiger charge is 1.96. The molecule has 0 heterocycles. The third kappa shape index (κ3) is 4.12. The molecule has 0 aliphatic heterocycles. The van der Waals surface area contributed by atoms with Crippen molar-refractivity contribution in [1.82, 2.24) is 0 Å². The zero-order valence-corrected chi connectivity index (χ0v) is 5.83. The molecule has 0 aromatic heterocycles. The van der Waals surface area contributed by atoms with Gasteiger partial charge >= 0.3 is 0 Å². The summed E-state index contributed by atoms with van der Waals surface area (Å²) in [5, 5.41) is 17.1. The first kappa shape index (κ1) is 8.59. The molecule has 9 heavy (non-hydrogen) atoms. The van der Waals surface area contributed by atoms with Crippen molar-refractivity contribution >= 4 is 5.71 Å². The highest BCUT2D eigenvalue weighted by atomic mass is 16.3. The van der Waals surface area contributed by atoms with Crippen LogP contribution >= 0.6 is 0 Å². The van der Waals surface area contributed by atoms with Crippen molar-refractivity contribution in [2.24, 2.45) is 4.99 Å². The van der Waals surface area contributed by atoms with Crippen molar-refractivity contribution in [3.05, 3.63) is 0 Å². The minimum absolute atomic E-state index is 0.0457. The molecular formula is C6H13NO2. The summed E-state index contributed by atoms with van der Waals surface area (Å²) in [6.45, 7) is 3.82. The van der Waals surface area contributed by atoms with Crippen LogP contribution in [0.25, 0.3) is 0 Å². The fourth-order valence-corrected chi connectivity index (χ4v) is 0.358. The van der Waals surface area contributed by atoms with Gasteiger partial charge < -0.3 is 10.2 Å². The van der Waals surface area contributed by atoms with E-state index in [-0.39, 0.29) is 6.61 Å².